The van der Waals surface area contributed by atoms with Gasteiger partial charge in [0.15, 0.2) is 0 Å². The molecule has 0 unspecified atom stereocenters. The fourth-order valence-corrected chi connectivity index (χ4v) is 7.03. The summed E-state index contributed by atoms with van der Waals surface area (Å²) in [5.41, 5.74) is -0.306. The van der Waals surface area contributed by atoms with Crippen LogP contribution in [0.4, 0.5) is 22.7 Å². The van der Waals surface area contributed by atoms with Gasteiger partial charge in [0.25, 0.3) is 11.4 Å². The maximum atomic E-state index is 13.7. The van der Waals surface area contributed by atoms with Gasteiger partial charge in [0.1, 0.15) is 5.92 Å². The molecule has 0 spiro atoms. The highest BCUT2D eigenvalue weighted by Crippen LogP contribution is 2.63. The summed E-state index contributed by atoms with van der Waals surface area (Å²) in [7, 11) is 0. The highest BCUT2D eigenvalue weighted by Gasteiger charge is 2.58. The average Bonchev–Trinajstić information content (AvgIpc) is 2.78. The highest BCUT2D eigenvalue weighted by atomic mass is 16.6. The minimum Gasteiger partial charge on any atom is -0.325 e. The zero-order valence-electron chi connectivity index (χ0n) is 19.0. The number of nitro benzene ring substituents is 2. The van der Waals surface area contributed by atoms with E-state index < -0.39 is 33.0 Å². The van der Waals surface area contributed by atoms with Gasteiger partial charge in [-0.15, -0.1) is 0 Å². The lowest BCUT2D eigenvalue weighted by Gasteiger charge is -2.58. The predicted molar refractivity (Wildman–Crippen MR) is 128 cm³/mol. The van der Waals surface area contributed by atoms with E-state index in [-0.39, 0.29) is 22.7 Å². The number of carbonyl (C=O) groups excluding carboxylic acids is 2. The molecule has 0 aromatic heterocycles. The first-order chi connectivity index (χ1) is 16.7. The minimum atomic E-state index is -1.02. The van der Waals surface area contributed by atoms with Crippen LogP contribution >= 0.6 is 0 Å². The molecule has 4 saturated carbocycles. The largest absolute Gasteiger partial charge is 0.325 e. The highest BCUT2D eigenvalue weighted by molar-refractivity contribution is 6.11. The maximum Gasteiger partial charge on any atom is 0.271 e. The molecule has 2 N–H and O–H groups in total. The van der Waals surface area contributed by atoms with Crippen LogP contribution in [0, 0.1) is 49.3 Å². The van der Waals surface area contributed by atoms with E-state index in [0.717, 1.165) is 38.5 Å². The van der Waals surface area contributed by atoms with Crippen molar-refractivity contribution in [3.63, 3.8) is 0 Å². The molecule has 4 aliphatic carbocycles. The summed E-state index contributed by atoms with van der Waals surface area (Å²) in [6.45, 7) is 0. The van der Waals surface area contributed by atoms with Gasteiger partial charge in [0.05, 0.1) is 9.85 Å². The quantitative estimate of drug-likeness (QED) is 0.328. The second-order valence-corrected chi connectivity index (χ2v) is 10.3. The first kappa shape index (κ1) is 22.9. The summed E-state index contributed by atoms with van der Waals surface area (Å²) in [5.74, 6) is -0.569. The molecule has 0 radical (unpaired) electrons. The summed E-state index contributed by atoms with van der Waals surface area (Å²) >= 11 is 0. The second kappa shape index (κ2) is 8.75. The van der Waals surface area contributed by atoms with Crippen LogP contribution in [-0.4, -0.2) is 21.7 Å². The number of carbonyl (C=O) groups is 2. The lowest BCUT2D eigenvalue weighted by molar-refractivity contribution is -0.385. The number of non-ortho nitro benzene ring substituents is 2. The fourth-order valence-electron chi connectivity index (χ4n) is 7.03. The van der Waals surface area contributed by atoms with Gasteiger partial charge in [0, 0.05) is 35.6 Å². The van der Waals surface area contributed by atoms with Crippen molar-refractivity contribution in [1.82, 2.24) is 0 Å². The van der Waals surface area contributed by atoms with Gasteiger partial charge in [-0.3, -0.25) is 29.8 Å². The number of nitrogens with one attached hydrogen (secondary N) is 2. The molecule has 0 aliphatic heterocycles. The van der Waals surface area contributed by atoms with E-state index in [1.165, 1.54) is 36.4 Å². The number of amides is 2. The van der Waals surface area contributed by atoms with Crippen LogP contribution in [0.1, 0.15) is 38.5 Å². The molecule has 10 nitrogen and oxygen atoms in total. The van der Waals surface area contributed by atoms with Crippen LogP contribution in [0.15, 0.2) is 48.5 Å². The fraction of sp³-hybridized carbons (Fsp3) is 0.440. The molecule has 0 atom stereocenters. The molecule has 2 aromatic carbocycles. The van der Waals surface area contributed by atoms with E-state index in [9.17, 15) is 29.8 Å². The molecule has 6 rings (SSSR count). The summed E-state index contributed by atoms with van der Waals surface area (Å²) in [5, 5.41) is 27.8. The number of anilines is 2. The van der Waals surface area contributed by atoms with Gasteiger partial charge in [-0.25, -0.2) is 0 Å². The Hall–Kier alpha value is -3.82. The van der Waals surface area contributed by atoms with Gasteiger partial charge in [-0.1, -0.05) is 12.1 Å². The Morgan fingerprint density at radius 3 is 1.54 bits per heavy atom. The Kier molecular flexibility index (Phi) is 5.74. The Labute approximate surface area is 201 Å². The molecule has 2 aromatic rings. The molecule has 35 heavy (non-hydrogen) atoms. The molecule has 4 fully saturated rings. The molecule has 2 amide bonds. The second-order valence-electron chi connectivity index (χ2n) is 10.3. The van der Waals surface area contributed by atoms with Crippen molar-refractivity contribution in [3.8, 4) is 0 Å². The number of nitro groups is 2. The Balaban J connectivity index is 1.46. The van der Waals surface area contributed by atoms with Crippen molar-refractivity contribution in [3.05, 3.63) is 68.8 Å². The van der Waals surface area contributed by atoms with Gasteiger partial charge in [0.2, 0.25) is 11.8 Å². The molecule has 182 valence electrons. The average molecular weight is 479 g/mol. The minimum absolute atomic E-state index is 0.157. The SMILES string of the molecule is O=C(Nc1cccc([N+](=O)[O-])c1)C(C(=O)Nc1cccc([N+](=O)[O-])c1)C12CC3CC(CC(C3)C1)C2. The predicted octanol–water partition coefficient (Wildman–Crippen LogP) is 4.91. The number of rotatable bonds is 7. The molecule has 0 heterocycles. The lowest BCUT2D eigenvalue weighted by Crippen LogP contribution is -2.55. The monoisotopic (exact) mass is 478 g/mol. The van der Waals surface area contributed by atoms with E-state index in [1.54, 1.807) is 12.1 Å². The lowest BCUT2D eigenvalue weighted by atomic mass is 9.46. The zero-order valence-corrected chi connectivity index (χ0v) is 19.0. The Morgan fingerprint density at radius 1 is 0.771 bits per heavy atom. The molecule has 4 bridgehead atoms. The summed E-state index contributed by atoms with van der Waals surface area (Å²) in [4.78, 5) is 48.6. The van der Waals surface area contributed by atoms with Crippen LogP contribution < -0.4 is 10.6 Å². The van der Waals surface area contributed by atoms with Crippen LogP contribution in [-0.2, 0) is 9.59 Å². The Morgan fingerprint density at radius 2 is 1.17 bits per heavy atom. The first-order valence-corrected chi connectivity index (χ1v) is 11.8. The van der Waals surface area contributed by atoms with Crippen LogP contribution in [0.2, 0.25) is 0 Å². The van der Waals surface area contributed by atoms with Crippen molar-refractivity contribution in [1.29, 1.82) is 0 Å². The molecule has 0 saturated heterocycles. The Bertz CT molecular complexity index is 1110. The summed E-state index contributed by atoms with van der Waals surface area (Å²) < 4.78 is 0. The normalized spacial score (nSPS) is 26.4. The smallest absolute Gasteiger partial charge is 0.271 e. The third-order valence-electron chi connectivity index (χ3n) is 7.87. The van der Waals surface area contributed by atoms with Gasteiger partial charge >= 0.3 is 0 Å². The van der Waals surface area contributed by atoms with Gasteiger partial charge in [-0.2, -0.15) is 0 Å². The van der Waals surface area contributed by atoms with E-state index in [2.05, 4.69) is 10.6 Å². The van der Waals surface area contributed by atoms with Crippen molar-refractivity contribution in [2.24, 2.45) is 29.1 Å². The summed E-state index contributed by atoms with van der Waals surface area (Å²) in [6.07, 6.45) is 5.75. The number of hydrogen-bond acceptors (Lipinski definition) is 6. The van der Waals surface area contributed by atoms with Gasteiger partial charge < -0.3 is 10.6 Å². The van der Waals surface area contributed by atoms with Crippen LogP contribution in [0.5, 0.6) is 0 Å². The third-order valence-corrected chi connectivity index (χ3v) is 7.87. The van der Waals surface area contributed by atoms with E-state index in [0.29, 0.717) is 17.8 Å². The number of nitrogens with zero attached hydrogens (tertiary/aromatic N) is 2. The van der Waals surface area contributed by atoms with Crippen molar-refractivity contribution >= 4 is 34.6 Å². The van der Waals surface area contributed by atoms with Crippen LogP contribution in [0.3, 0.4) is 0 Å². The molecule has 4 aliphatic rings. The third kappa shape index (κ3) is 4.48. The van der Waals surface area contributed by atoms with E-state index in [4.69, 9.17) is 0 Å². The number of hydrogen-bond donors (Lipinski definition) is 2. The standard InChI is InChI=1S/C25H26N4O6/c30-23(26-18-3-1-5-20(10-18)28(32)33)22(24(31)27-19-4-2-6-21(11-19)29(34)35)25-12-15-7-16(13-25)9-17(8-15)14-25/h1-6,10-11,15-17,22H,7-9,12-14H2,(H,26,30)(H,27,31). The van der Waals surface area contributed by atoms with Crippen molar-refractivity contribution in [2.45, 2.75) is 38.5 Å². The van der Waals surface area contributed by atoms with Crippen molar-refractivity contribution < 1.29 is 19.4 Å². The first-order valence-electron chi connectivity index (χ1n) is 11.8. The maximum absolute atomic E-state index is 13.7. The molecular weight excluding hydrogens is 452 g/mol. The number of benzene rings is 2. The van der Waals surface area contributed by atoms with Crippen LogP contribution in [0.25, 0.3) is 0 Å². The van der Waals surface area contributed by atoms with E-state index in [1.807, 2.05) is 0 Å². The van der Waals surface area contributed by atoms with Gasteiger partial charge in [-0.05, 0) is 73.8 Å². The molecule has 10 heteroatoms. The summed E-state index contributed by atoms with van der Waals surface area (Å²) in [6, 6.07) is 11.3. The van der Waals surface area contributed by atoms with E-state index >= 15 is 0 Å². The topological polar surface area (TPSA) is 144 Å². The molecular formula is C25H26N4O6. The van der Waals surface area contributed by atoms with Crippen molar-refractivity contribution in [2.75, 3.05) is 10.6 Å². The zero-order chi connectivity index (χ0) is 24.7.